The van der Waals surface area contributed by atoms with Gasteiger partial charge < -0.3 is 10.6 Å². The number of amides is 1. The monoisotopic (exact) mass is 299 g/mol. The maximum Gasteiger partial charge on any atom is 0.236 e. The van der Waals surface area contributed by atoms with Crippen LogP contribution in [-0.4, -0.2) is 12.2 Å². The van der Waals surface area contributed by atoms with E-state index in [4.69, 9.17) is 0 Å². The average Bonchev–Trinajstić information content (AvgIpc) is 2.60. The summed E-state index contributed by atoms with van der Waals surface area (Å²) in [5, 5.41) is 8.40. The molecule has 1 atom stereocenters. The first-order chi connectivity index (χ1) is 11.3. The van der Waals surface area contributed by atoms with Gasteiger partial charge in [-0.15, -0.1) is 0 Å². The summed E-state index contributed by atoms with van der Waals surface area (Å²) in [6.45, 7) is 0. The predicted octanol–water partition coefficient (Wildman–Crippen LogP) is 4.01. The van der Waals surface area contributed by atoms with Gasteiger partial charge in [-0.2, -0.15) is 0 Å². The number of benzene rings is 3. The molecule has 4 heteroatoms. The van der Waals surface area contributed by atoms with E-state index in [9.17, 15) is 4.79 Å². The first-order valence-electron chi connectivity index (χ1n) is 7.57. The van der Waals surface area contributed by atoms with Crippen molar-refractivity contribution in [1.29, 1.82) is 0 Å². The number of rotatable bonds is 1. The van der Waals surface area contributed by atoms with E-state index in [0.717, 1.165) is 39.0 Å². The topological polar surface area (TPSA) is 53.5 Å². The number of hydrogen-bond donors (Lipinski definition) is 2. The maximum atomic E-state index is 12.7. The van der Waals surface area contributed by atoms with Gasteiger partial charge in [0.05, 0.1) is 17.9 Å². The summed E-state index contributed by atoms with van der Waals surface area (Å²) >= 11 is 0. The quantitative estimate of drug-likeness (QED) is 0.713. The number of nitrogens with zero attached hydrogens (tertiary/aromatic N) is 1. The van der Waals surface area contributed by atoms with Crippen LogP contribution in [0.3, 0.4) is 0 Å². The summed E-state index contributed by atoms with van der Waals surface area (Å²) in [5.41, 5.74) is 4.86. The molecule has 2 aliphatic rings. The number of aliphatic imine (C=N–C) groups is 1. The third-order valence-corrected chi connectivity index (χ3v) is 4.56. The summed E-state index contributed by atoms with van der Waals surface area (Å²) in [5.74, 6) is -0.280. The van der Waals surface area contributed by atoms with Gasteiger partial charge in [-0.3, -0.25) is 4.79 Å². The largest absolute Gasteiger partial charge is 0.346 e. The first kappa shape index (κ1) is 12.4. The van der Waals surface area contributed by atoms with Crippen LogP contribution in [0.2, 0.25) is 0 Å². The Morgan fingerprint density at radius 1 is 0.870 bits per heavy atom. The fourth-order valence-corrected chi connectivity index (χ4v) is 3.57. The number of carbonyl (C=O) groups is 1. The van der Waals surface area contributed by atoms with Crippen LogP contribution < -0.4 is 10.6 Å². The van der Waals surface area contributed by atoms with Crippen LogP contribution in [0.1, 0.15) is 17.0 Å². The molecule has 1 amide bonds. The van der Waals surface area contributed by atoms with Crippen LogP contribution in [0.15, 0.2) is 59.6 Å². The number of carbonyl (C=O) groups excluding carboxylic acids is 1. The Morgan fingerprint density at radius 2 is 1.70 bits per heavy atom. The molecular formula is C19H13N3O. The highest BCUT2D eigenvalue weighted by molar-refractivity contribution is 6.20. The molecule has 23 heavy (non-hydrogen) atoms. The fourth-order valence-electron chi connectivity index (χ4n) is 3.57. The first-order valence-corrected chi connectivity index (χ1v) is 7.57. The number of hydrogen-bond acceptors (Lipinski definition) is 3. The molecule has 0 bridgehead atoms. The standard InChI is InChI=1S/C19H13N3O/c23-19-16(11-4-2-1-3-5-11)12-6-7-13-18-14(21-10-20-13)8-9-15(22-19)17(12)18/h1-10,16H,(H,20,21)(H,22,23). The van der Waals surface area contributed by atoms with Gasteiger partial charge in [-0.25, -0.2) is 4.99 Å². The van der Waals surface area contributed by atoms with Crippen molar-refractivity contribution < 1.29 is 4.79 Å². The maximum absolute atomic E-state index is 12.7. The molecule has 0 radical (unpaired) electrons. The van der Waals surface area contributed by atoms with E-state index < -0.39 is 0 Å². The summed E-state index contributed by atoms with van der Waals surface area (Å²) in [7, 11) is 0. The lowest BCUT2D eigenvalue weighted by atomic mass is 9.83. The third kappa shape index (κ3) is 1.66. The molecule has 2 N–H and O–H groups in total. The zero-order chi connectivity index (χ0) is 15.4. The molecule has 3 aromatic rings. The normalized spacial score (nSPS) is 17.7. The Balaban J connectivity index is 1.87. The summed E-state index contributed by atoms with van der Waals surface area (Å²) in [6, 6.07) is 17.9. The van der Waals surface area contributed by atoms with E-state index in [1.165, 1.54) is 0 Å². The Hall–Kier alpha value is -3.14. The van der Waals surface area contributed by atoms with E-state index in [1.807, 2.05) is 54.6 Å². The van der Waals surface area contributed by atoms with Crippen LogP contribution in [0.25, 0.3) is 10.8 Å². The molecule has 0 aromatic heterocycles. The smallest absolute Gasteiger partial charge is 0.236 e. The lowest BCUT2D eigenvalue weighted by Crippen LogP contribution is -2.26. The molecule has 4 nitrogen and oxygen atoms in total. The number of anilines is 2. The van der Waals surface area contributed by atoms with Gasteiger partial charge in [0.25, 0.3) is 0 Å². The minimum atomic E-state index is -0.293. The van der Waals surface area contributed by atoms with Crippen LogP contribution in [0.4, 0.5) is 17.1 Å². The molecule has 2 heterocycles. The van der Waals surface area contributed by atoms with Gasteiger partial charge in [0, 0.05) is 22.1 Å². The highest BCUT2D eigenvalue weighted by Crippen LogP contribution is 2.46. The van der Waals surface area contributed by atoms with Gasteiger partial charge in [-0.05, 0) is 29.3 Å². The van der Waals surface area contributed by atoms with Crippen molar-refractivity contribution >= 4 is 40.1 Å². The second-order valence-electron chi connectivity index (χ2n) is 5.82. The van der Waals surface area contributed by atoms with Crippen molar-refractivity contribution in [3.8, 4) is 0 Å². The summed E-state index contributed by atoms with van der Waals surface area (Å²) in [4.78, 5) is 17.1. The summed E-state index contributed by atoms with van der Waals surface area (Å²) in [6.07, 6.45) is 1.70. The van der Waals surface area contributed by atoms with E-state index in [1.54, 1.807) is 6.34 Å². The van der Waals surface area contributed by atoms with Gasteiger partial charge >= 0.3 is 0 Å². The Kier molecular flexibility index (Phi) is 2.39. The summed E-state index contributed by atoms with van der Waals surface area (Å²) < 4.78 is 0. The van der Waals surface area contributed by atoms with Crippen molar-refractivity contribution in [3.63, 3.8) is 0 Å². The van der Waals surface area contributed by atoms with Gasteiger partial charge in [0.1, 0.15) is 0 Å². The molecule has 0 aliphatic carbocycles. The Labute approximate surface area is 132 Å². The minimum Gasteiger partial charge on any atom is -0.346 e. The molecule has 2 aliphatic heterocycles. The van der Waals surface area contributed by atoms with Crippen molar-refractivity contribution in [3.05, 3.63) is 65.7 Å². The second kappa shape index (κ2) is 4.43. The van der Waals surface area contributed by atoms with E-state index >= 15 is 0 Å². The lowest BCUT2D eigenvalue weighted by molar-refractivity contribution is -0.116. The van der Waals surface area contributed by atoms with Crippen LogP contribution in [0, 0.1) is 0 Å². The van der Waals surface area contributed by atoms with Crippen LogP contribution in [0.5, 0.6) is 0 Å². The van der Waals surface area contributed by atoms with Gasteiger partial charge in [-0.1, -0.05) is 36.4 Å². The van der Waals surface area contributed by atoms with E-state index in [-0.39, 0.29) is 11.8 Å². The zero-order valence-electron chi connectivity index (χ0n) is 12.2. The molecule has 0 saturated heterocycles. The minimum absolute atomic E-state index is 0.0130. The molecule has 3 aromatic carbocycles. The molecule has 0 saturated carbocycles. The molecule has 110 valence electrons. The molecule has 0 fully saturated rings. The Morgan fingerprint density at radius 3 is 2.57 bits per heavy atom. The molecule has 0 spiro atoms. The van der Waals surface area contributed by atoms with Crippen LogP contribution in [-0.2, 0) is 4.79 Å². The SMILES string of the molecule is O=C1Nc2ccc3c4c(ccc(c24)C1c1ccccc1)N=CN3. The van der Waals surface area contributed by atoms with Crippen molar-refractivity contribution in [1.82, 2.24) is 0 Å². The van der Waals surface area contributed by atoms with Crippen molar-refractivity contribution in [2.24, 2.45) is 4.99 Å². The molecule has 5 rings (SSSR count). The van der Waals surface area contributed by atoms with Crippen molar-refractivity contribution in [2.75, 3.05) is 10.6 Å². The fraction of sp³-hybridized carbons (Fsp3) is 0.0526. The molecule has 1 unspecified atom stereocenters. The average molecular weight is 299 g/mol. The Bertz CT molecular complexity index is 992. The van der Waals surface area contributed by atoms with Gasteiger partial charge in [0.2, 0.25) is 5.91 Å². The molecular weight excluding hydrogens is 286 g/mol. The number of nitrogens with one attached hydrogen (secondary N) is 2. The van der Waals surface area contributed by atoms with Crippen molar-refractivity contribution in [2.45, 2.75) is 5.92 Å². The van der Waals surface area contributed by atoms with Crippen LogP contribution >= 0.6 is 0 Å². The highest BCUT2D eigenvalue weighted by Gasteiger charge is 2.31. The lowest BCUT2D eigenvalue weighted by Gasteiger charge is -2.28. The van der Waals surface area contributed by atoms with E-state index in [2.05, 4.69) is 15.6 Å². The zero-order valence-corrected chi connectivity index (χ0v) is 12.2. The second-order valence-corrected chi connectivity index (χ2v) is 5.82. The predicted molar refractivity (Wildman–Crippen MR) is 92.6 cm³/mol. The van der Waals surface area contributed by atoms with Gasteiger partial charge in [0.15, 0.2) is 0 Å². The van der Waals surface area contributed by atoms with E-state index in [0.29, 0.717) is 0 Å². The highest BCUT2D eigenvalue weighted by atomic mass is 16.1. The third-order valence-electron chi connectivity index (χ3n) is 4.56.